The summed E-state index contributed by atoms with van der Waals surface area (Å²) in [6.07, 6.45) is 3.38. The van der Waals surface area contributed by atoms with E-state index in [0.717, 1.165) is 24.8 Å². The van der Waals surface area contributed by atoms with Crippen molar-refractivity contribution in [2.24, 2.45) is 0 Å². The Kier molecular flexibility index (Phi) is 4.20. The highest BCUT2D eigenvalue weighted by molar-refractivity contribution is 7.33. The predicted molar refractivity (Wildman–Crippen MR) is 106 cm³/mol. The Morgan fingerprint density at radius 3 is 2.07 bits per heavy atom. The van der Waals surface area contributed by atoms with Crippen molar-refractivity contribution in [1.29, 1.82) is 0 Å². The predicted octanol–water partition coefficient (Wildman–Crippen LogP) is 6.29. The minimum Gasteiger partial charge on any atom is -0.334 e. The highest BCUT2D eigenvalue weighted by atomic mass is 31.1. The van der Waals surface area contributed by atoms with Gasteiger partial charge in [-0.3, -0.25) is 0 Å². The zero-order valence-corrected chi connectivity index (χ0v) is 16.6. The van der Waals surface area contributed by atoms with Crippen LogP contribution in [-0.2, 0) is 19.0 Å². The maximum absolute atomic E-state index is 13.6. The molecular weight excluding hydrogens is 380 g/mol. The molecular formula is C22H22F3N2P. The topological polar surface area (TPSA) is 6.48 Å². The maximum Gasteiger partial charge on any atom is 0.416 e. The van der Waals surface area contributed by atoms with Crippen LogP contribution in [0.1, 0.15) is 58.3 Å². The number of hydrogen-bond acceptors (Lipinski definition) is 2. The first-order valence-electron chi connectivity index (χ1n) is 9.72. The molecule has 2 aromatic rings. The summed E-state index contributed by atoms with van der Waals surface area (Å²) in [4.78, 5) is 0. The molecule has 3 atom stereocenters. The Morgan fingerprint density at radius 2 is 1.43 bits per heavy atom. The van der Waals surface area contributed by atoms with Crippen LogP contribution < -0.4 is 0 Å². The second-order valence-corrected chi connectivity index (χ2v) is 9.08. The molecule has 28 heavy (non-hydrogen) atoms. The molecule has 2 aliphatic carbocycles. The quantitative estimate of drug-likeness (QED) is 0.545. The van der Waals surface area contributed by atoms with Gasteiger partial charge in [-0.05, 0) is 66.5 Å². The molecule has 3 aliphatic rings. The third-order valence-corrected chi connectivity index (χ3v) is 7.63. The van der Waals surface area contributed by atoms with Gasteiger partial charge >= 0.3 is 6.18 Å². The minimum absolute atomic E-state index is 0.190. The van der Waals surface area contributed by atoms with Gasteiger partial charge in [-0.15, -0.1) is 0 Å². The summed E-state index contributed by atoms with van der Waals surface area (Å²) in [6, 6.07) is 11.2. The van der Waals surface area contributed by atoms with E-state index in [1.165, 1.54) is 28.8 Å². The number of nitrogens with zero attached hydrogens (tertiary/aromatic N) is 2. The van der Waals surface area contributed by atoms with Gasteiger partial charge in [0, 0.05) is 12.4 Å². The SMILES string of the molecule is Cc1cccc2c1[C@@H](N1C=CN([C@H]3CCc4cccc(C(F)(F)F)c43)P1)CC2. The van der Waals surface area contributed by atoms with Crippen molar-refractivity contribution >= 4 is 8.88 Å². The molecule has 1 unspecified atom stereocenters. The molecule has 5 rings (SSSR count). The Morgan fingerprint density at radius 1 is 0.857 bits per heavy atom. The first kappa shape index (κ1) is 18.1. The number of hydrogen-bond donors (Lipinski definition) is 0. The van der Waals surface area contributed by atoms with Gasteiger partial charge in [-0.2, -0.15) is 13.2 Å². The highest BCUT2D eigenvalue weighted by Crippen LogP contribution is 2.53. The van der Waals surface area contributed by atoms with Crippen LogP contribution in [-0.4, -0.2) is 9.34 Å². The Hall–Kier alpha value is -2.00. The van der Waals surface area contributed by atoms with E-state index in [-0.39, 0.29) is 6.04 Å². The lowest BCUT2D eigenvalue weighted by Crippen LogP contribution is -2.19. The molecule has 0 N–H and O–H groups in total. The molecule has 0 saturated heterocycles. The van der Waals surface area contributed by atoms with Crippen molar-refractivity contribution in [2.45, 2.75) is 50.9 Å². The van der Waals surface area contributed by atoms with Crippen molar-refractivity contribution < 1.29 is 13.2 Å². The van der Waals surface area contributed by atoms with Crippen molar-refractivity contribution in [1.82, 2.24) is 9.34 Å². The number of alkyl halides is 3. The minimum atomic E-state index is -4.30. The standard InChI is InChI=1S/C22H22F3N2P/c1-14-4-2-5-15-8-10-18(20(14)15)26-12-13-27(28-26)19-11-9-16-6-3-7-17(21(16)19)22(23,24)25/h2-7,12-13,18-19,28H,8-11H2,1H3/t18-,19-/m0/s1. The van der Waals surface area contributed by atoms with Crippen LogP contribution >= 0.6 is 8.88 Å². The third-order valence-electron chi connectivity index (χ3n) is 6.25. The summed E-state index contributed by atoms with van der Waals surface area (Å²) in [6.45, 7) is 2.15. The fourth-order valence-corrected chi connectivity index (χ4v) is 6.36. The van der Waals surface area contributed by atoms with Crippen LogP contribution in [0.15, 0.2) is 48.8 Å². The summed E-state index contributed by atoms with van der Waals surface area (Å²) < 4.78 is 45.2. The maximum atomic E-state index is 13.6. The molecule has 0 saturated carbocycles. The summed E-state index contributed by atoms with van der Waals surface area (Å²) in [5.41, 5.74) is 4.99. The zero-order valence-electron chi connectivity index (χ0n) is 15.6. The van der Waals surface area contributed by atoms with Crippen LogP contribution in [0.2, 0.25) is 0 Å². The van der Waals surface area contributed by atoms with Gasteiger partial charge in [0.2, 0.25) is 0 Å². The first-order chi connectivity index (χ1) is 13.4. The second-order valence-electron chi connectivity index (χ2n) is 7.85. The molecule has 146 valence electrons. The molecule has 6 heteroatoms. The van der Waals surface area contributed by atoms with E-state index >= 15 is 0 Å². The molecule has 0 bridgehead atoms. The number of benzene rings is 2. The number of halogens is 3. The average Bonchev–Trinajstić information content (AvgIpc) is 3.37. The Bertz CT molecular complexity index is 953. The average molecular weight is 402 g/mol. The van der Waals surface area contributed by atoms with Crippen molar-refractivity contribution in [2.75, 3.05) is 0 Å². The number of aryl methyl sites for hydroxylation is 3. The van der Waals surface area contributed by atoms with E-state index in [1.54, 1.807) is 0 Å². The van der Waals surface area contributed by atoms with E-state index in [4.69, 9.17) is 0 Å². The second kappa shape index (κ2) is 6.52. The normalized spacial score (nSPS) is 24.3. The van der Waals surface area contributed by atoms with Gasteiger partial charge in [0.15, 0.2) is 0 Å². The van der Waals surface area contributed by atoms with Gasteiger partial charge in [0.1, 0.15) is 0 Å². The third kappa shape index (κ3) is 2.83. The molecule has 0 amide bonds. The van der Waals surface area contributed by atoms with Crippen molar-refractivity contribution in [3.8, 4) is 0 Å². The number of fused-ring (bicyclic) bond motifs is 2. The van der Waals surface area contributed by atoms with Gasteiger partial charge < -0.3 is 9.34 Å². The van der Waals surface area contributed by atoms with Crippen LogP contribution in [0.4, 0.5) is 13.2 Å². The monoisotopic (exact) mass is 402 g/mol. The molecule has 2 aromatic carbocycles. The molecule has 1 aliphatic heterocycles. The van der Waals surface area contributed by atoms with Crippen LogP contribution in [0.5, 0.6) is 0 Å². The lowest BCUT2D eigenvalue weighted by Gasteiger charge is -2.31. The van der Waals surface area contributed by atoms with E-state index in [0.29, 0.717) is 26.9 Å². The lowest BCUT2D eigenvalue weighted by molar-refractivity contribution is -0.138. The van der Waals surface area contributed by atoms with Gasteiger partial charge in [0.25, 0.3) is 0 Å². The smallest absolute Gasteiger partial charge is 0.334 e. The molecule has 0 fully saturated rings. The van der Waals surface area contributed by atoms with Crippen molar-refractivity contribution in [3.05, 3.63) is 82.2 Å². The molecule has 0 radical (unpaired) electrons. The summed E-state index contributed by atoms with van der Waals surface area (Å²) >= 11 is 0. The highest BCUT2D eigenvalue weighted by Gasteiger charge is 2.41. The van der Waals surface area contributed by atoms with E-state index in [1.807, 2.05) is 12.3 Å². The Labute approximate surface area is 164 Å². The summed E-state index contributed by atoms with van der Waals surface area (Å²) in [5, 5.41) is 0. The summed E-state index contributed by atoms with van der Waals surface area (Å²) in [7, 11) is 0.347. The van der Waals surface area contributed by atoms with Crippen LogP contribution in [0.3, 0.4) is 0 Å². The van der Waals surface area contributed by atoms with Crippen LogP contribution in [0.25, 0.3) is 0 Å². The van der Waals surface area contributed by atoms with Gasteiger partial charge in [-0.25, -0.2) is 0 Å². The fraction of sp³-hybridized carbons (Fsp3) is 0.364. The van der Waals surface area contributed by atoms with Crippen LogP contribution in [0, 0.1) is 6.92 Å². The van der Waals surface area contributed by atoms with Gasteiger partial charge in [-0.1, -0.05) is 30.3 Å². The van der Waals surface area contributed by atoms with Crippen molar-refractivity contribution in [3.63, 3.8) is 0 Å². The summed E-state index contributed by atoms with van der Waals surface area (Å²) in [5.74, 6) is 0. The molecule has 0 aromatic heterocycles. The zero-order chi connectivity index (χ0) is 19.5. The van der Waals surface area contributed by atoms with E-state index in [9.17, 15) is 13.2 Å². The number of rotatable bonds is 2. The first-order valence-corrected chi connectivity index (χ1v) is 10.6. The Balaban J connectivity index is 1.41. The van der Waals surface area contributed by atoms with E-state index < -0.39 is 11.7 Å². The van der Waals surface area contributed by atoms with Gasteiger partial charge in [0.05, 0.1) is 26.5 Å². The molecule has 1 heterocycles. The fourth-order valence-electron chi connectivity index (χ4n) is 5.03. The molecule has 2 nitrogen and oxygen atoms in total. The lowest BCUT2D eigenvalue weighted by atomic mass is 10.0. The molecule has 0 spiro atoms. The van der Waals surface area contributed by atoms with E-state index in [2.05, 4.69) is 40.7 Å². The largest absolute Gasteiger partial charge is 0.416 e.